The van der Waals surface area contributed by atoms with E-state index in [1.165, 1.54) is 0 Å². The van der Waals surface area contributed by atoms with Gasteiger partial charge in [0.15, 0.2) is 0 Å². The van der Waals surface area contributed by atoms with Gasteiger partial charge in [-0.2, -0.15) is 0 Å². The first-order valence-electron chi connectivity index (χ1n) is 9.32. The molecule has 3 amide bonds. The fourth-order valence-corrected chi connectivity index (χ4v) is 3.43. The molecule has 1 unspecified atom stereocenters. The number of nitrogens with one attached hydrogen (secondary N) is 2. The van der Waals surface area contributed by atoms with Crippen molar-refractivity contribution in [3.05, 3.63) is 59.1 Å². The fraction of sp³-hybridized carbons (Fsp3) is 0.333. The van der Waals surface area contributed by atoms with Crippen molar-refractivity contribution in [2.75, 3.05) is 32.1 Å². The van der Waals surface area contributed by atoms with Gasteiger partial charge < -0.3 is 20.3 Å². The summed E-state index contributed by atoms with van der Waals surface area (Å²) < 4.78 is 5.84. The molecular formula is C21H24ClN3O3. The number of urea groups is 1. The molecule has 1 heterocycles. The van der Waals surface area contributed by atoms with Gasteiger partial charge in [-0.15, -0.1) is 0 Å². The van der Waals surface area contributed by atoms with E-state index in [2.05, 4.69) is 10.6 Å². The van der Waals surface area contributed by atoms with E-state index >= 15 is 0 Å². The van der Waals surface area contributed by atoms with Gasteiger partial charge in [0.2, 0.25) is 0 Å². The van der Waals surface area contributed by atoms with Crippen LogP contribution in [0.15, 0.2) is 48.5 Å². The molecule has 7 heteroatoms. The second-order valence-electron chi connectivity index (χ2n) is 6.79. The van der Waals surface area contributed by atoms with E-state index < -0.39 is 0 Å². The van der Waals surface area contributed by atoms with Crippen LogP contribution in [0.3, 0.4) is 0 Å². The quantitative estimate of drug-likeness (QED) is 0.794. The highest BCUT2D eigenvalue weighted by Gasteiger charge is 2.24. The van der Waals surface area contributed by atoms with Crippen LogP contribution in [0.2, 0.25) is 5.02 Å². The van der Waals surface area contributed by atoms with Crippen molar-refractivity contribution in [2.24, 2.45) is 5.92 Å². The Kier molecular flexibility index (Phi) is 6.76. The number of carbonyl (C=O) groups excluding carboxylic acids is 2. The Bertz CT molecular complexity index is 843. The number of rotatable bonds is 5. The molecule has 0 spiro atoms. The molecule has 1 fully saturated rings. The molecule has 28 heavy (non-hydrogen) atoms. The highest BCUT2D eigenvalue weighted by molar-refractivity contribution is 6.32. The first-order chi connectivity index (χ1) is 13.6. The Balaban J connectivity index is 1.55. The summed E-state index contributed by atoms with van der Waals surface area (Å²) in [5.41, 5.74) is 1.10. The number of piperidine rings is 1. The Morgan fingerprint density at radius 3 is 2.82 bits per heavy atom. The molecule has 0 aliphatic carbocycles. The number of para-hydroxylation sites is 1. The maximum absolute atomic E-state index is 12.6. The predicted octanol–water partition coefficient (Wildman–Crippen LogP) is 4.02. The number of likely N-dealkylation sites (tertiary alicyclic amines) is 1. The van der Waals surface area contributed by atoms with E-state index in [4.69, 9.17) is 16.3 Å². The molecule has 3 rings (SSSR count). The molecule has 0 aromatic heterocycles. The number of hydrogen-bond acceptors (Lipinski definition) is 3. The summed E-state index contributed by atoms with van der Waals surface area (Å²) >= 11 is 6.13. The van der Waals surface area contributed by atoms with Gasteiger partial charge >= 0.3 is 6.03 Å². The van der Waals surface area contributed by atoms with E-state index in [0.29, 0.717) is 41.7 Å². The van der Waals surface area contributed by atoms with Crippen LogP contribution in [-0.4, -0.2) is 43.6 Å². The van der Waals surface area contributed by atoms with Crippen molar-refractivity contribution < 1.29 is 14.3 Å². The van der Waals surface area contributed by atoms with Crippen LogP contribution in [0, 0.1) is 5.92 Å². The zero-order valence-electron chi connectivity index (χ0n) is 15.8. The number of nitrogens with zero attached hydrogens (tertiary/aromatic N) is 1. The number of anilines is 1. The van der Waals surface area contributed by atoms with E-state index in [1.54, 1.807) is 42.3 Å². The van der Waals surface area contributed by atoms with E-state index in [9.17, 15) is 9.59 Å². The molecule has 0 bridgehead atoms. The highest BCUT2D eigenvalue weighted by atomic mass is 35.5. The highest BCUT2D eigenvalue weighted by Crippen LogP contribution is 2.25. The normalized spacial score (nSPS) is 16.4. The van der Waals surface area contributed by atoms with Crippen molar-refractivity contribution in [3.8, 4) is 5.75 Å². The van der Waals surface area contributed by atoms with Crippen molar-refractivity contribution >= 4 is 29.2 Å². The third kappa shape index (κ3) is 5.16. The second-order valence-corrected chi connectivity index (χ2v) is 7.19. The largest absolute Gasteiger partial charge is 0.492 e. The third-order valence-corrected chi connectivity index (χ3v) is 5.03. The van der Waals surface area contributed by atoms with Gasteiger partial charge in [0, 0.05) is 37.3 Å². The minimum absolute atomic E-state index is 0.170. The van der Waals surface area contributed by atoms with Gasteiger partial charge in [-0.05, 0) is 43.2 Å². The molecule has 1 atom stereocenters. The van der Waals surface area contributed by atoms with Crippen LogP contribution >= 0.6 is 11.6 Å². The molecule has 1 aliphatic rings. The lowest BCUT2D eigenvalue weighted by molar-refractivity contribution is 0.0963. The maximum atomic E-state index is 12.6. The van der Waals surface area contributed by atoms with Crippen LogP contribution in [0.25, 0.3) is 0 Å². The molecule has 1 aliphatic heterocycles. The van der Waals surface area contributed by atoms with Gasteiger partial charge in [0.1, 0.15) is 5.75 Å². The summed E-state index contributed by atoms with van der Waals surface area (Å²) in [5.74, 6) is 0.718. The molecule has 6 nitrogen and oxygen atoms in total. The first kappa shape index (κ1) is 20.0. The van der Waals surface area contributed by atoms with Crippen molar-refractivity contribution in [2.45, 2.75) is 12.8 Å². The Morgan fingerprint density at radius 1 is 1.21 bits per heavy atom. The molecule has 148 valence electrons. The molecule has 1 saturated heterocycles. The van der Waals surface area contributed by atoms with Gasteiger partial charge in [0.05, 0.1) is 11.6 Å². The standard InChI is InChI=1S/C21H24ClN3O3/c1-23-20(26)16-7-4-8-17(12-16)24-21(27)25-11-5-6-15(13-25)14-28-19-10-3-2-9-18(19)22/h2-4,7-10,12,15H,5-6,11,13-14H2,1H3,(H,23,26)(H,24,27). The zero-order chi connectivity index (χ0) is 19.9. The smallest absolute Gasteiger partial charge is 0.321 e. The molecule has 2 aromatic rings. The topological polar surface area (TPSA) is 70.7 Å². The Hall–Kier alpha value is -2.73. The predicted molar refractivity (Wildman–Crippen MR) is 110 cm³/mol. The summed E-state index contributed by atoms with van der Waals surface area (Å²) in [5, 5.41) is 6.04. The lowest BCUT2D eigenvalue weighted by atomic mass is 9.99. The number of benzene rings is 2. The lowest BCUT2D eigenvalue weighted by Crippen LogP contribution is -2.43. The van der Waals surface area contributed by atoms with E-state index in [0.717, 1.165) is 12.8 Å². The molecule has 2 aromatic carbocycles. The average Bonchev–Trinajstić information content (AvgIpc) is 2.73. The van der Waals surface area contributed by atoms with Crippen molar-refractivity contribution in [1.29, 1.82) is 0 Å². The first-order valence-corrected chi connectivity index (χ1v) is 9.70. The number of ether oxygens (including phenoxy) is 1. The van der Waals surface area contributed by atoms with Gasteiger partial charge in [-0.1, -0.05) is 29.8 Å². The molecule has 0 radical (unpaired) electrons. The van der Waals surface area contributed by atoms with E-state index in [-0.39, 0.29) is 17.9 Å². The summed E-state index contributed by atoms with van der Waals surface area (Å²) in [6.07, 6.45) is 1.92. The van der Waals surface area contributed by atoms with Gasteiger partial charge in [0.25, 0.3) is 5.91 Å². The fourth-order valence-electron chi connectivity index (χ4n) is 3.24. The number of amides is 3. The third-order valence-electron chi connectivity index (χ3n) is 4.72. The Labute approximate surface area is 169 Å². The molecule has 2 N–H and O–H groups in total. The molecular weight excluding hydrogens is 378 g/mol. The number of hydrogen-bond donors (Lipinski definition) is 2. The molecule has 0 saturated carbocycles. The van der Waals surface area contributed by atoms with Crippen LogP contribution in [0.4, 0.5) is 10.5 Å². The summed E-state index contributed by atoms with van der Waals surface area (Å²) in [7, 11) is 1.58. The maximum Gasteiger partial charge on any atom is 0.321 e. The van der Waals surface area contributed by atoms with Crippen molar-refractivity contribution in [1.82, 2.24) is 10.2 Å². The SMILES string of the molecule is CNC(=O)c1cccc(NC(=O)N2CCCC(COc3ccccc3Cl)C2)c1. The summed E-state index contributed by atoms with van der Waals surface area (Å²) in [6, 6.07) is 14.1. The minimum atomic E-state index is -0.189. The van der Waals surface area contributed by atoms with Gasteiger partial charge in [-0.3, -0.25) is 4.79 Å². The van der Waals surface area contributed by atoms with Crippen LogP contribution in [-0.2, 0) is 0 Å². The van der Waals surface area contributed by atoms with Crippen LogP contribution < -0.4 is 15.4 Å². The average molecular weight is 402 g/mol. The zero-order valence-corrected chi connectivity index (χ0v) is 16.5. The lowest BCUT2D eigenvalue weighted by Gasteiger charge is -2.32. The monoisotopic (exact) mass is 401 g/mol. The van der Waals surface area contributed by atoms with Crippen molar-refractivity contribution in [3.63, 3.8) is 0 Å². The van der Waals surface area contributed by atoms with E-state index in [1.807, 2.05) is 18.2 Å². The summed E-state index contributed by atoms with van der Waals surface area (Å²) in [6.45, 7) is 1.83. The van der Waals surface area contributed by atoms with Crippen LogP contribution in [0.5, 0.6) is 5.75 Å². The Morgan fingerprint density at radius 2 is 2.04 bits per heavy atom. The number of halogens is 1. The minimum Gasteiger partial charge on any atom is -0.492 e. The summed E-state index contributed by atoms with van der Waals surface area (Å²) in [4.78, 5) is 26.2. The number of carbonyl (C=O) groups is 2. The second kappa shape index (κ2) is 9.46. The van der Waals surface area contributed by atoms with Gasteiger partial charge in [-0.25, -0.2) is 4.79 Å². The van der Waals surface area contributed by atoms with Crippen LogP contribution in [0.1, 0.15) is 23.2 Å².